The molecule has 0 heterocycles. The molecule has 156 valence electrons. The summed E-state index contributed by atoms with van der Waals surface area (Å²) in [6.07, 6.45) is 18.3. The Labute approximate surface area is 167 Å². The number of carbonyl (C=O) groups excluding carboxylic acids is 1. The van der Waals surface area contributed by atoms with Crippen molar-refractivity contribution in [1.29, 1.82) is 0 Å². The summed E-state index contributed by atoms with van der Waals surface area (Å²) in [5.41, 5.74) is 0.470. The minimum atomic E-state index is -0.261. The molecule has 0 aliphatic heterocycles. The third-order valence-corrected chi connectivity index (χ3v) is 6.62. The molecule has 2 bridgehead atoms. The van der Waals surface area contributed by atoms with E-state index in [9.17, 15) is 4.79 Å². The minimum Gasteiger partial charge on any atom is -0.462 e. The molecular formula is C24H42O3. The highest BCUT2D eigenvalue weighted by Crippen LogP contribution is 2.53. The van der Waals surface area contributed by atoms with Gasteiger partial charge in [-0.05, 0) is 44.9 Å². The quantitative estimate of drug-likeness (QED) is 0.183. The van der Waals surface area contributed by atoms with Crippen LogP contribution in [-0.2, 0) is 14.3 Å². The zero-order chi connectivity index (χ0) is 19.5. The van der Waals surface area contributed by atoms with Crippen molar-refractivity contribution >= 4 is 5.97 Å². The van der Waals surface area contributed by atoms with E-state index >= 15 is 0 Å². The third kappa shape index (κ3) is 7.25. The molecule has 2 rings (SSSR count). The van der Waals surface area contributed by atoms with Crippen LogP contribution in [0.15, 0.2) is 12.2 Å². The number of unbranched alkanes of at least 4 members (excludes halogenated alkanes) is 9. The maximum absolute atomic E-state index is 11.7. The van der Waals surface area contributed by atoms with Crippen molar-refractivity contribution in [2.24, 2.45) is 11.8 Å². The van der Waals surface area contributed by atoms with Gasteiger partial charge in [0, 0.05) is 18.1 Å². The Hall–Kier alpha value is -0.830. The maximum atomic E-state index is 11.7. The van der Waals surface area contributed by atoms with Crippen LogP contribution in [-0.4, -0.2) is 24.8 Å². The fourth-order valence-electron chi connectivity index (χ4n) is 4.96. The number of rotatable bonds is 15. The lowest BCUT2D eigenvalue weighted by Crippen LogP contribution is -2.39. The first-order valence-corrected chi connectivity index (χ1v) is 11.5. The summed E-state index contributed by atoms with van der Waals surface area (Å²) in [6, 6.07) is 0. The van der Waals surface area contributed by atoms with Crippen LogP contribution in [0, 0.1) is 11.8 Å². The molecule has 3 atom stereocenters. The molecule has 0 amide bonds. The SMILES string of the molecule is C=C(C)C(=O)OCC1CC2CCC1(OCCCCCCCCCCCC)C2. The molecular weight excluding hydrogens is 336 g/mol. The van der Waals surface area contributed by atoms with Crippen LogP contribution in [0.2, 0.25) is 0 Å². The molecule has 2 saturated carbocycles. The third-order valence-electron chi connectivity index (χ3n) is 6.62. The summed E-state index contributed by atoms with van der Waals surface area (Å²) < 4.78 is 11.9. The maximum Gasteiger partial charge on any atom is 0.333 e. The molecule has 0 aromatic heterocycles. The fourth-order valence-corrected chi connectivity index (χ4v) is 4.96. The summed E-state index contributed by atoms with van der Waals surface area (Å²) in [5.74, 6) is 0.886. The molecule has 3 nitrogen and oxygen atoms in total. The Morgan fingerprint density at radius 2 is 1.67 bits per heavy atom. The van der Waals surface area contributed by atoms with Crippen molar-refractivity contribution in [3.05, 3.63) is 12.2 Å². The minimum absolute atomic E-state index is 0.0146. The average Bonchev–Trinajstić information content (AvgIpc) is 3.22. The lowest BCUT2D eigenvalue weighted by Gasteiger charge is -2.35. The van der Waals surface area contributed by atoms with E-state index in [1.54, 1.807) is 6.92 Å². The predicted molar refractivity (Wildman–Crippen MR) is 112 cm³/mol. The van der Waals surface area contributed by atoms with Crippen molar-refractivity contribution in [2.45, 2.75) is 109 Å². The largest absolute Gasteiger partial charge is 0.462 e. The fraction of sp³-hybridized carbons (Fsp3) is 0.875. The van der Waals surface area contributed by atoms with Crippen molar-refractivity contribution < 1.29 is 14.3 Å². The van der Waals surface area contributed by atoms with Gasteiger partial charge >= 0.3 is 5.97 Å². The predicted octanol–water partition coefficient (Wildman–Crippen LogP) is 6.60. The molecule has 3 unspecified atom stereocenters. The van der Waals surface area contributed by atoms with Gasteiger partial charge in [-0.25, -0.2) is 4.79 Å². The second kappa shape index (κ2) is 11.9. The summed E-state index contributed by atoms with van der Waals surface area (Å²) in [6.45, 7) is 9.02. The normalized spacial score (nSPS) is 26.4. The van der Waals surface area contributed by atoms with Crippen LogP contribution in [0.3, 0.4) is 0 Å². The summed E-state index contributed by atoms with van der Waals surface area (Å²) >= 11 is 0. The van der Waals surface area contributed by atoms with Crippen molar-refractivity contribution in [2.75, 3.05) is 13.2 Å². The zero-order valence-corrected chi connectivity index (χ0v) is 17.9. The lowest BCUT2D eigenvalue weighted by atomic mass is 9.85. The number of ether oxygens (including phenoxy) is 2. The van der Waals surface area contributed by atoms with Gasteiger partial charge in [0.05, 0.1) is 12.2 Å². The van der Waals surface area contributed by atoms with Gasteiger partial charge in [0.15, 0.2) is 0 Å². The summed E-state index contributed by atoms with van der Waals surface area (Å²) in [5, 5.41) is 0. The van der Waals surface area contributed by atoms with Crippen molar-refractivity contribution in [3.8, 4) is 0 Å². The zero-order valence-electron chi connectivity index (χ0n) is 17.9. The Morgan fingerprint density at radius 3 is 2.26 bits per heavy atom. The van der Waals surface area contributed by atoms with Crippen LogP contribution >= 0.6 is 0 Å². The van der Waals surface area contributed by atoms with Gasteiger partial charge in [0.2, 0.25) is 0 Å². The molecule has 0 saturated heterocycles. The smallest absolute Gasteiger partial charge is 0.333 e. The van der Waals surface area contributed by atoms with Gasteiger partial charge < -0.3 is 9.47 Å². The van der Waals surface area contributed by atoms with Crippen LogP contribution in [0.25, 0.3) is 0 Å². The summed E-state index contributed by atoms with van der Waals surface area (Å²) in [7, 11) is 0. The Kier molecular flexibility index (Phi) is 9.89. The van der Waals surface area contributed by atoms with E-state index in [4.69, 9.17) is 9.47 Å². The highest BCUT2D eigenvalue weighted by Gasteiger charge is 2.53. The van der Waals surface area contributed by atoms with Crippen molar-refractivity contribution in [3.63, 3.8) is 0 Å². The highest BCUT2D eigenvalue weighted by molar-refractivity contribution is 5.86. The van der Waals surface area contributed by atoms with E-state index in [0.717, 1.165) is 25.4 Å². The molecule has 0 aromatic rings. The van der Waals surface area contributed by atoms with Gasteiger partial charge in [0.1, 0.15) is 0 Å². The number of carbonyl (C=O) groups is 1. The Morgan fingerprint density at radius 1 is 1.04 bits per heavy atom. The average molecular weight is 379 g/mol. The van der Waals surface area contributed by atoms with Gasteiger partial charge in [0.25, 0.3) is 0 Å². The molecule has 0 N–H and O–H groups in total. The van der Waals surface area contributed by atoms with Gasteiger partial charge in [-0.3, -0.25) is 0 Å². The van der Waals surface area contributed by atoms with Crippen molar-refractivity contribution in [1.82, 2.24) is 0 Å². The molecule has 27 heavy (non-hydrogen) atoms. The number of hydrogen-bond donors (Lipinski definition) is 0. The highest BCUT2D eigenvalue weighted by atomic mass is 16.5. The van der Waals surface area contributed by atoms with E-state index in [1.165, 1.54) is 77.0 Å². The molecule has 3 heteroatoms. The Balaban J connectivity index is 1.56. The van der Waals surface area contributed by atoms with Gasteiger partial charge in [-0.1, -0.05) is 71.3 Å². The first-order chi connectivity index (χ1) is 13.1. The van der Waals surface area contributed by atoms with E-state index in [0.29, 0.717) is 18.1 Å². The monoisotopic (exact) mass is 378 g/mol. The number of esters is 1. The van der Waals surface area contributed by atoms with E-state index < -0.39 is 0 Å². The topological polar surface area (TPSA) is 35.5 Å². The van der Waals surface area contributed by atoms with Gasteiger partial charge in [-0.2, -0.15) is 0 Å². The standard InChI is InChI=1S/C24H42O3/c1-4-5-6-7-8-9-10-11-12-13-16-27-24-15-14-21(18-24)17-22(24)19-26-23(25)20(2)3/h21-22H,2,4-19H2,1,3H3. The van der Waals surface area contributed by atoms with E-state index in [-0.39, 0.29) is 11.6 Å². The Bertz CT molecular complexity index is 459. The molecule has 0 spiro atoms. The molecule has 2 aliphatic carbocycles. The molecule has 0 aromatic carbocycles. The van der Waals surface area contributed by atoms with E-state index in [2.05, 4.69) is 13.5 Å². The van der Waals surface area contributed by atoms with Crippen LogP contribution in [0.1, 0.15) is 104 Å². The van der Waals surface area contributed by atoms with Crippen LogP contribution in [0.5, 0.6) is 0 Å². The first kappa shape index (κ1) is 22.5. The van der Waals surface area contributed by atoms with Crippen LogP contribution < -0.4 is 0 Å². The second-order valence-electron chi connectivity index (χ2n) is 9.02. The molecule has 0 radical (unpaired) electrons. The molecule has 2 aliphatic rings. The lowest BCUT2D eigenvalue weighted by molar-refractivity contribution is -0.146. The van der Waals surface area contributed by atoms with Crippen LogP contribution in [0.4, 0.5) is 0 Å². The number of hydrogen-bond acceptors (Lipinski definition) is 3. The number of fused-ring (bicyclic) bond motifs is 2. The van der Waals surface area contributed by atoms with E-state index in [1.807, 2.05) is 0 Å². The molecule has 2 fully saturated rings. The van der Waals surface area contributed by atoms with Gasteiger partial charge in [-0.15, -0.1) is 0 Å². The second-order valence-corrected chi connectivity index (χ2v) is 9.02. The summed E-state index contributed by atoms with van der Waals surface area (Å²) in [4.78, 5) is 11.7. The first-order valence-electron chi connectivity index (χ1n) is 11.5.